The van der Waals surface area contributed by atoms with Gasteiger partial charge in [0.25, 0.3) is 0 Å². The fraction of sp³-hybridized carbons (Fsp3) is 1.00. The molecule has 0 aliphatic carbocycles. The smallest absolute Gasteiger partial charge is 0.0594 e. The first kappa shape index (κ1) is 29.4. The molecule has 0 heterocycles. The summed E-state index contributed by atoms with van der Waals surface area (Å²) < 4.78 is 0. The van der Waals surface area contributed by atoms with Gasteiger partial charge in [0, 0.05) is 7.26 Å². The van der Waals surface area contributed by atoms with Gasteiger partial charge in [-0.05, 0) is 51.4 Å². The summed E-state index contributed by atoms with van der Waals surface area (Å²) in [7, 11) is -0.688. The van der Waals surface area contributed by atoms with Gasteiger partial charge < -0.3 is 0 Å². The van der Waals surface area contributed by atoms with Crippen molar-refractivity contribution in [3.8, 4) is 0 Å². The SMILES string of the molecule is CCCCCCCC[P+](CCCCCC)(CCCCCC)CCCCCCCC. The predicted octanol–water partition coefficient (Wildman–Crippen LogP) is 10.9. The molecule has 0 aliphatic heterocycles. The molecule has 0 aromatic rings. The van der Waals surface area contributed by atoms with E-state index in [-0.39, 0.29) is 0 Å². The molecule has 0 spiro atoms. The molecule has 0 aromatic carbocycles. The van der Waals surface area contributed by atoms with Gasteiger partial charge in [0.05, 0.1) is 24.6 Å². The second-order valence-electron chi connectivity index (χ2n) is 9.89. The van der Waals surface area contributed by atoms with E-state index >= 15 is 0 Å². The van der Waals surface area contributed by atoms with Gasteiger partial charge in [-0.2, -0.15) is 0 Å². The summed E-state index contributed by atoms with van der Waals surface area (Å²) >= 11 is 0. The van der Waals surface area contributed by atoms with Crippen LogP contribution < -0.4 is 0 Å². The molecule has 0 radical (unpaired) electrons. The van der Waals surface area contributed by atoms with Crippen LogP contribution in [0.3, 0.4) is 0 Å². The molecular formula is C28H60P+. The molecule has 0 aromatic heterocycles. The van der Waals surface area contributed by atoms with E-state index < -0.39 is 7.26 Å². The Bertz CT molecular complexity index is 269. The van der Waals surface area contributed by atoms with Crippen LogP contribution in [0.5, 0.6) is 0 Å². The number of hydrogen-bond acceptors (Lipinski definition) is 0. The molecule has 0 aliphatic rings. The topological polar surface area (TPSA) is 0 Å². The summed E-state index contributed by atoms with van der Waals surface area (Å²) in [5.41, 5.74) is 0. The van der Waals surface area contributed by atoms with Gasteiger partial charge in [0.2, 0.25) is 0 Å². The van der Waals surface area contributed by atoms with Crippen LogP contribution in [0, 0.1) is 0 Å². The average Bonchev–Trinajstić information content (AvgIpc) is 2.73. The molecule has 0 bridgehead atoms. The lowest BCUT2D eigenvalue weighted by atomic mass is 10.1. The molecule has 0 saturated heterocycles. The highest BCUT2D eigenvalue weighted by atomic mass is 31.2. The maximum Gasteiger partial charge on any atom is 0.0594 e. The molecular weight excluding hydrogens is 367 g/mol. The van der Waals surface area contributed by atoms with Gasteiger partial charge >= 0.3 is 0 Å². The molecule has 29 heavy (non-hydrogen) atoms. The van der Waals surface area contributed by atoms with Gasteiger partial charge in [-0.25, -0.2) is 0 Å². The maximum atomic E-state index is 2.36. The van der Waals surface area contributed by atoms with Crippen molar-refractivity contribution >= 4 is 7.26 Å². The van der Waals surface area contributed by atoms with E-state index in [1.54, 1.807) is 50.3 Å². The van der Waals surface area contributed by atoms with Gasteiger partial charge in [-0.3, -0.25) is 0 Å². The Hall–Kier alpha value is 0.430. The zero-order chi connectivity index (χ0) is 21.5. The monoisotopic (exact) mass is 427 g/mol. The van der Waals surface area contributed by atoms with Gasteiger partial charge in [-0.1, -0.05) is 105 Å². The molecule has 0 amide bonds. The van der Waals surface area contributed by atoms with E-state index in [9.17, 15) is 0 Å². The fourth-order valence-electron chi connectivity index (χ4n) is 4.87. The largest absolute Gasteiger partial charge is 0.0654 e. The van der Waals surface area contributed by atoms with E-state index in [0.717, 1.165) is 0 Å². The minimum Gasteiger partial charge on any atom is -0.0654 e. The molecule has 0 rings (SSSR count). The normalized spacial score (nSPS) is 12.0. The molecule has 0 atom stereocenters. The first-order valence-electron chi connectivity index (χ1n) is 14.1. The van der Waals surface area contributed by atoms with Crippen LogP contribution >= 0.6 is 7.26 Å². The summed E-state index contributed by atoms with van der Waals surface area (Å²) in [5.74, 6) is 0. The van der Waals surface area contributed by atoms with Crippen molar-refractivity contribution in [2.75, 3.05) is 24.6 Å². The Kier molecular flexibility index (Phi) is 23.4. The summed E-state index contributed by atoms with van der Waals surface area (Å²) in [4.78, 5) is 0. The maximum absolute atomic E-state index is 2.36. The van der Waals surface area contributed by atoms with Crippen molar-refractivity contribution in [1.82, 2.24) is 0 Å². The third-order valence-electron chi connectivity index (χ3n) is 6.94. The molecule has 0 saturated carbocycles. The minimum atomic E-state index is -0.688. The average molecular weight is 428 g/mol. The summed E-state index contributed by atoms with van der Waals surface area (Å²) in [6.07, 6.45) is 36.1. The van der Waals surface area contributed by atoms with Gasteiger partial charge in [0.15, 0.2) is 0 Å². The Labute approximate surface area is 188 Å². The van der Waals surface area contributed by atoms with Crippen LogP contribution in [-0.2, 0) is 0 Å². The van der Waals surface area contributed by atoms with Crippen molar-refractivity contribution in [2.45, 2.75) is 156 Å². The van der Waals surface area contributed by atoms with Crippen molar-refractivity contribution in [3.63, 3.8) is 0 Å². The van der Waals surface area contributed by atoms with Crippen LogP contribution in [0.25, 0.3) is 0 Å². The van der Waals surface area contributed by atoms with Crippen molar-refractivity contribution in [2.24, 2.45) is 0 Å². The second kappa shape index (κ2) is 23.1. The Morgan fingerprint density at radius 1 is 0.276 bits per heavy atom. The Morgan fingerprint density at radius 2 is 0.483 bits per heavy atom. The highest BCUT2D eigenvalue weighted by Crippen LogP contribution is 2.61. The molecule has 0 N–H and O–H groups in total. The van der Waals surface area contributed by atoms with Crippen LogP contribution in [0.2, 0.25) is 0 Å². The Balaban J connectivity index is 4.63. The summed E-state index contributed by atoms with van der Waals surface area (Å²) in [6, 6.07) is 0. The minimum absolute atomic E-state index is 0.688. The molecule has 0 nitrogen and oxygen atoms in total. The van der Waals surface area contributed by atoms with E-state index in [1.807, 2.05) is 0 Å². The van der Waals surface area contributed by atoms with Crippen LogP contribution in [0.1, 0.15) is 156 Å². The predicted molar refractivity (Wildman–Crippen MR) is 141 cm³/mol. The standard InChI is InChI=1S/C28H60P/c1-5-9-13-17-19-23-27-29(25-21-15-11-7-3,26-22-16-12-8-4)28-24-20-18-14-10-6-2/h5-28H2,1-4H3/q+1. The molecule has 176 valence electrons. The first-order chi connectivity index (χ1) is 14.2. The summed E-state index contributed by atoms with van der Waals surface area (Å²) in [5, 5.41) is 0. The van der Waals surface area contributed by atoms with Crippen LogP contribution in [0.15, 0.2) is 0 Å². The van der Waals surface area contributed by atoms with Gasteiger partial charge in [-0.15, -0.1) is 0 Å². The van der Waals surface area contributed by atoms with Gasteiger partial charge in [0.1, 0.15) is 0 Å². The fourth-order valence-corrected chi connectivity index (χ4v) is 9.79. The third-order valence-corrected chi connectivity index (χ3v) is 12.0. The molecule has 0 fully saturated rings. The zero-order valence-corrected chi connectivity index (χ0v) is 22.3. The van der Waals surface area contributed by atoms with E-state index in [2.05, 4.69) is 27.7 Å². The van der Waals surface area contributed by atoms with E-state index in [0.29, 0.717) is 0 Å². The zero-order valence-electron chi connectivity index (χ0n) is 21.4. The van der Waals surface area contributed by atoms with Crippen molar-refractivity contribution in [3.05, 3.63) is 0 Å². The lowest BCUT2D eigenvalue weighted by molar-refractivity contribution is 0.618. The summed E-state index contributed by atoms with van der Waals surface area (Å²) in [6.45, 7) is 9.40. The van der Waals surface area contributed by atoms with E-state index in [4.69, 9.17) is 0 Å². The van der Waals surface area contributed by atoms with Crippen molar-refractivity contribution < 1.29 is 0 Å². The van der Waals surface area contributed by atoms with Crippen LogP contribution in [0.4, 0.5) is 0 Å². The highest BCUT2D eigenvalue weighted by Gasteiger charge is 2.34. The third kappa shape index (κ3) is 18.9. The quantitative estimate of drug-likeness (QED) is 0.106. The highest BCUT2D eigenvalue weighted by molar-refractivity contribution is 7.75. The number of rotatable bonds is 24. The Morgan fingerprint density at radius 3 is 0.759 bits per heavy atom. The number of hydrogen-bond donors (Lipinski definition) is 0. The van der Waals surface area contributed by atoms with Crippen LogP contribution in [-0.4, -0.2) is 24.6 Å². The second-order valence-corrected chi connectivity index (χ2v) is 14.4. The molecule has 1 heteroatoms. The van der Waals surface area contributed by atoms with Crippen molar-refractivity contribution in [1.29, 1.82) is 0 Å². The number of unbranched alkanes of at least 4 members (excludes halogenated alkanes) is 16. The lowest BCUT2D eigenvalue weighted by Gasteiger charge is -2.28. The lowest BCUT2D eigenvalue weighted by Crippen LogP contribution is -2.13. The molecule has 0 unspecified atom stereocenters. The van der Waals surface area contributed by atoms with E-state index in [1.165, 1.54) is 103 Å². The first-order valence-corrected chi connectivity index (χ1v) is 16.6.